The highest BCUT2D eigenvalue weighted by Crippen LogP contribution is 2.17. The summed E-state index contributed by atoms with van der Waals surface area (Å²) in [7, 11) is 1.82. The van der Waals surface area contributed by atoms with Crippen LogP contribution in [0.5, 0.6) is 0 Å². The Morgan fingerprint density at radius 2 is 1.83 bits per heavy atom. The number of nitrogens with one attached hydrogen (secondary N) is 1. The van der Waals surface area contributed by atoms with E-state index >= 15 is 0 Å². The van der Waals surface area contributed by atoms with Gasteiger partial charge in [0.15, 0.2) is 5.96 Å². The van der Waals surface area contributed by atoms with Gasteiger partial charge in [-0.25, -0.2) is 9.37 Å². The summed E-state index contributed by atoms with van der Waals surface area (Å²) >= 11 is 0. The second kappa shape index (κ2) is 9.43. The quantitative estimate of drug-likeness (QED) is 0.523. The number of hydrogen-bond donors (Lipinski definition) is 1. The number of rotatable bonds is 5. The molecule has 0 amide bonds. The summed E-state index contributed by atoms with van der Waals surface area (Å²) in [5.41, 5.74) is 3.53. The molecule has 1 aromatic heterocycles. The number of anilines is 1. The van der Waals surface area contributed by atoms with Crippen LogP contribution in [0.15, 0.2) is 72.2 Å². The number of hydrogen-bond acceptors (Lipinski definition) is 3. The molecule has 2 aromatic carbocycles. The lowest BCUT2D eigenvalue weighted by atomic mass is 10.1. The van der Waals surface area contributed by atoms with Crippen molar-refractivity contribution in [1.82, 2.24) is 19.8 Å². The van der Waals surface area contributed by atoms with E-state index in [1.165, 1.54) is 23.3 Å². The van der Waals surface area contributed by atoms with Gasteiger partial charge in [-0.15, -0.1) is 0 Å². The van der Waals surface area contributed by atoms with Gasteiger partial charge in [-0.1, -0.05) is 24.3 Å². The molecule has 156 valence electrons. The van der Waals surface area contributed by atoms with Crippen LogP contribution in [-0.4, -0.2) is 53.6 Å². The second-order valence-corrected chi connectivity index (χ2v) is 7.41. The maximum absolute atomic E-state index is 13.2. The number of halogens is 1. The monoisotopic (exact) mass is 406 g/mol. The lowest BCUT2D eigenvalue weighted by Gasteiger charge is -2.37. The summed E-state index contributed by atoms with van der Waals surface area (Å²) in [4.78, 5) is 13.1. The molecule has 1 aliphatic rings. The lowest BCUT2D eigenvalue weighted by molar-refractivity contribution is 0.372. The van der Waals surface area contributed by atoms with E-state index < -0.39 is 0 Å². The Kier molecular flexibility index (Phi) is 6.27. The average Bonchev–Trinajstić information content (AvgIpc) is 3.29. The number of benzene rings is 2. The molecule has 0 saturated carbocycles. The SMILES string of the molecule is CN=C(NCc1cccc(Cn2ccnc2)c1)N1CCN(c2ccc(F)cc2)CC1. The number of imidazole rings is 1. The fourth-order valence-corrected chi connectivity index (χ4v) is 3.77. The highest BCUT2D eigenvalue weighted by atomic mass is 19.1. The normalized spacial score (nSPS) is 14.8. The van der Waals surface area contributed by atoms with Crippen molar-refractivity contribution in [1.29, 1.82) is 0 Å². The first-order valence-corrected chi connectivity index (χ1v) is 10.2. The fourth-order valence-electron chi connectivity index (χ4n) is 3.77. The minimum atomic E-state index is -0.198. The lowest BCUT2D eigenvalue weighted by Crippen LogP contribution is -2.52. The number of guanidine groups is 1. The van der Waals surface area contributed by atoms with Crippen molar-refractivity contribution in [3.8, 4) is 0 Å². The molecule has 30 heavy (non-hydrogen) atoms. The summed E-state index contributed by atoms with van der Waals surface area (Å²) < 4.78 is 15.2. The molecule has 0 aliphatic carbocycles. The molecule has 1 N–H and O–H groups in total. The van der Waals surface area contributed by atoms with Crippen LogP contribution in [0.4, 0.5) is 10.1 Å². The summed E-state index contributed by atoms with van der Waals surface area (Å²) in [6.45, 7) is 5.05. The van der Waals surface area contributed by atoms with Crippen LogP contribution in [0.25, 0.3) is 0 Å². The molecule has 0 radical (unpaired) electrons. The molecule has 0 unspecified atom stereocenters. The minimum absolute atomic E-state index is 0.198. The predicted molar refractivity (Wildman–Crippen MR) is 118 cm³/mol. The zero-order valence-electron chi connectivity index (χ0n) is 17.2. The molecule has 0 spiro atoms. The summed E-state index contributed by atoms with van der Waals surface area (Å²) in [5, 5.41) is 3.49. The summed E-state index contributed by atoms with van der Waals surface area (Å²) in [6, 6.07) is 15.3. The van der Waals surface area contributed by atoms with E-state index in [1.54, 1.807) is 6.20 Å². The molecule has 2 heterocycles. The van der Waals surface area contributed by atoms with Gasteiger partial charge in [0, 0.05) is 64.4 Å². The average molecular weight is 407 g/mol. The van der Waals surface area contributed by atoms with E-state index in [2.05, 4.69) is 53.9 Å². The van der Waals surface area contributed by atoms with Crippen molar-refractivity contribution in [2.24, 2.45) is 4.99 Å². The Balaban J connectivity index is 1.31. The Morgan fingerprint density at radius 3 is 2.53 bits per heavy atom. The molecular formula is C23H27FN6. The third kappa shape index (κ3) is 4.97. The van der Waals surface area contributed by atoms with Gasteiger partial charge in [0.2, 0.25) is 0 Å². The largest absolute Gasteiger partial charge is 0.368 e. The van der Waals surface area contributed by atoms with Gasteiger partial charge in [0.05, 0.1) is 6.33 Å². The van der Waals surface area contributed by atoms with Gasteiger partial charge in [-0.05, 0) is 35.4 Å². The molecular weight excluding hydrogens is 379 g/mol. The van der Waals surface area contributed by atoms with Crippen molar-refractivity contribution in [2.45, 2.75) is 13.1 Å². The van der Waals surface area contributed by atoms with Gasteiger partial charge in [-0.2, -0.15) is 0 Å². The third-order valence-corrected chi connectivity index (χ3v) is 5.35. The van der Waals surface area contributed by atoms with E-state index in [1.807, 2.05) is 31.7 Å². The van der Waals surface area contributed by atoms with Crippen LogP contribution >= 0.6 is 0 Å². The number of aliphatic imine (C=N–C) groups is 1. The van der Waals surface area contributed by atoms with Crippen molar-refractivity contribution in [2.75, 3.05) is 38.1 Å². The molecule has 3 aromatic rings. The third-order valence-electron chi connectivity index (χ3n) is 5.35. The highest BCUT2D eigenvalue weighted by Gasteiger charge is 2.19. The first kappa shape index (κ1) is 19.9. The first-order chi connectivity index (χ1) is 14.7. The highest BCUT2D eigenvalue weighted by molar-refractivity contribution is 5.80. The van der Waals surface area contributed by atoms with Gasteiger partial charge >= 0.3 is 0 Å². The van der Waals surface area contributed by atoms with E-state index in [9.17, 15) is 4.39 Å². The fraction of sp³-hybridized carbons (Fsp3) is 0.304. The van der Waals surface area contributed by atoms with Crippen LogP contribution < -0.4 is 10.2 Å². The van der Waals surface area contributed by atoms with Crippen molar-refractivity contribution in [3.63, 3.8) is 0 Å². The Morgan fingerprint density at radius 1 is 1.07 bits per heavy atom. The van der Waals surface area contributed by atoms with Crippen molar-refractivity contribution < 1.29 is 4.39 Å². The first-order valence-electron chi connectivity index (χ1n) is 10.2. The number of aromatic nitrogens is 2. The smallest absolute Gasteiger partial charge is 0.194 e. The molecule has 1 aliphatic heterocycles. The Labute approximate surface area is 176 Å². The second-order valence-electron chi connectivity index (χ2n) is 7.41. The standard InChI is InChI=1S/C23H27FN6/c1-25-23(30-13-11-29(12-14-30)22-7-5-21(24)6-8-22)27-16-19-3-2-4-20(15-19)17-28-10-9-26-18-28/h2-10,15,18H,11-14,16-17H2,1H3,(H,25,27). The predicted octanol–water partition coefficient (Wildman–Crippen LogP) is 2.97. The van der Waals surface area contributed by atoms with Crippen molar-refractivity contribution >= 4 is 11.6 Å². The molecule has 1 fully saturated rings. The van der Waals surface area contributed by atoms with Crippen molar-refractivity contribution in [3.05, 3.63) is 84.2 Å². The topological polar surface area (TPSA) is 48.7 Å². The Hall–Kier alpha value is -3.35. The maximum Gasteiger partial charge on any atom is 0.194 e. The van der Waals surface area contributed by atoms with E-state index in [-0.39, 0.29) is 5.82 Å². The van der Waals surface area contributed by atoms with Crippen LogP contribution in [0.3, 0.4) is 0 Å². The van der Waals surface area contributed by atoms with E-state index in [0.717, 1.165) is 50.9 Å². The van der Waals surface area contributed by atoms with Gasteiger partial charge < -0.3 is 19.7 Å². The zero-order chi connectivity index (χ0) is 20.8. The van der Waals surface area contributed by atoms with Crippen LogP contribution in [-0.2, 0) is 13.1 Å². The molecule has 4 rings (SSSR count). The van der Waals surface area contributed by atoms with E-state index in [0.29, 0.717) is 0 Å². The molecule has 1 saturated heterocycles. The Bertz CT molecular complexity index is 960. The number of nitrogens with zero attached hydrogens (tertiary/aromatic N) is 5. The van der Waals surface area contributed by atoms with Crippen LogP contribution in [0, 0.1) is 5.82 Å². The number of piperazine rings is 1. The van der Waals surface area contributed by atoms with Gasteiger partial charge in [0.25, 0.3) is 0 Å². The molecule has 6 nitrogen and oxygen atoms in total. The zero-order valence-corrected chi connectivity index (χ0v) is 17.2. The molecule has 0 atom stereocenters. The maximum atomic E-state index is 13.2. The van der Waals surface area contributed by atoms with Gasteiger partial charge in [-0.3, -0.25) is 4.99 Å². The van der Waals surface area contributed by atoms with Crippen LogP contribution in [0.2, 0.25) is 0 Å². The summed E-state index contributed by atoms with van der Waals surface area (Å²) in [5.74, 6) is 0.713. The molecule has 7 heteroatoms. The molecule has 0 bridgehead atoms. The van der Waals surface area contributed by atoms with E-state index in [4.69, 9.17) is 0 Å². The van der Waals surface area contributed by atoms with Gasteiger partial charge in [0.1, 0.15) is 5.82 Å². The minimum Gasteiger partial charge on any atom is -0.368 e. The summed E-state index contributed by atoms with van der Waals surface area (Å²) in [6.07, 6.45) is 5.60. The van der Waals surface area contributed by atoms with Crippen LogP contribution in [0.1, 0.15) is 11.1 Å².